The Morgan fingerprint density at radius 2 is 1.74 bits per heavy atom. The molecule has 2 rings (SSSR count). The summed E-state index contributed by atoms with van der Waals surface area (Å²) in [5.74, 6) is 0. The van der Waals surface area contributed by atoms with Crippen molar-refractivity contribution in [3.8, 4) is 0 Å². The van der Waals surface area contributed by atoms with E-state index in [0.29, 0.717) is 5.71 Å². The molecule has 2 aromatic rings. The summed E-state index contributed by atoms with van der Waals surface area (Å²) in [6.45, 7) is 1.74. The van der Waals surface area contributed by atoms with Crippen molar-refractivity contribution in [3.05, 3.63) is 72.7 Å². The zero-order valence-corrected chi connectivity index (χ0v) is 13.5. The number of benzene rings is 2. The van der Waals surface area contributed by atoms with Crippen LogP contribution >= 0.6 is 15.9 Å². The molecule has 0 saturated carbocycles. The molecule has 0 aromatic heterocycles. The summed E-state index contributed by atoms with van der Waals surface area (Å²) in [7, 11) is 0. The molecule has 0 spiro atoms. The highest BCUT2D eigenvalue weighted by Gasteiger charge is 2.19. The van der Waals surface area contributed by atoms with Crippen LogP contribution in [0.25, 0.3) is 0 Å². The van der Waals surface area contributed by atoms with Gasteiger partial charge < -0.3 is 0 Å². The standard InChI is InChI=1S/C14H11BrN4O4/c1-9(10-2-4-11(15)5-3-10)16-17-13-7-6-12(18(20)21)8-14(13)19(22)23/h2-8,17H,1H3/b16-9-. The van der Waals surface area contributed by atoms with Crippen molar-refractivity contribution < 1.29 is 9.85 Å². The molecule has 0 fully saturated rings. The zero-order valence-electron chi connectivity index (χ0n) is 11.9. The maximum atomic E-state index is 11.0. The van der Waals surface area contributed by atoms with Crippen molar-refractivity contribution in [2.75, 3.05) is 5.43 Å². The van der Waals surface area contributed by atoms with E-state index in [1.807, 2.05) is 24.3 Å². The molecular formula is C14H11BrN4O4. The third kappa shape index (κ3) is 4.10. The second kappa shape index (κ2) is 6.97. The van der Waals surface area contributed by atoms with Crippen molar-refractivity contribution in [1.29, 1.82) is 0 Å². The number of halogens is 1. The van der Waals surface area contributed by atoms with E-state index in [1.165, 1.54) is 12.1 Å². The number of nitro benzene ring substituents is 2. The second-order valence-corrected chi connectivity index (χ2v) is 5.45. The smallest absolute Gasteiger partial charge is 0.271 e. The van der Waals surface area contributed by atoms with Crippen LogP contribution in [0.5, 0.6) is 0 Å². The topological polar surface area (TPSA) is 111 Å². The summed E-state index contributed by atoms with van der Waals surface area (Å²) in [6.07, 6.45) is 0. The summed E-state index contributed by atoms with van der Waals surface area (Å²) in [5.41, 5.74) is 3.36. The number of rotatable bonds is 5. The van der Waals surface area contributed by atoms with Gasteiger partial charge in [-0.2, -0.15) is 5.10 Å². The fourth-order valence-corrected chi connectivity index (χ4v) is 2.04. The number of nitro groups is 2. The van der Waals surface area contributed by atoms with Gasteiger partial charge in [0.1, 0.15) is 5.69 Å². The fourth-order valence-electron chi connectivity index (χ4n) is 1.78. The molecule has 0 aliphatic rings. The van der Waals surface area contributed by atoms with Gasteiger partial charge in [0.25, 0.3) is 5.69 Å². The van der Waals surface area contributed by atoms with Gasteiger partial charge in [0.05, 0.1) is 21.6 Å². The lowest BCUT2D eigenvalue weighted by Gasteiger charge is -2.05. The molecule has 2 aromatic carbocycles. The molecule has 0 unspecified atom stereocenters. The number of anilines is 1. The monoisotopic (exact) mass is 378 g/mol. The average Bonchev–Trinajstić information content (AvgIpc) is 2.52. The third-order valence-electron chi connectivity index (χ3n) is 2.99. The first-order chi connectivity index (χ1) is 10.9. The molecule has 0 aliphatic heterocycles. The maximum Gasteiger partial charge on any atom is 0.301 e. The van der Waals surface area contributed by atoms with Crippen LogP contribution in [0.3, 0.4) is 0 Å². The lowest BCUT2D eigenvalue weighted by Crippen LogP contribution is -2.02. The molecule has 0 amide bonds. The minimum absolute atomic E-state index is 0.0806. The second-order valence-electron chi connectivity index (χ2n) is 4.53. The Bertz CT molecular complexity index is 790. The van der Waals surface area contributed by atoms with Crippen LogP contribution in [-0.4, -0.2) is 15.6 Å². The van der Waals surface area contributed by atoms with E-state index in [2.05, 4.69) is 26.5 Å². The number of non-ortho nitro benzene ring substituents is 1. The number of nitrogens with one attached hydrogen (secondary N) is 1. The summed E-state index contributed by atoms with van der Waals surface area (Å²) in [6, 6.07) is 10.7. The molecule has 118 valence electrons. The molecule has 0 aliphatic carbocycles. The molecule has 0 radical (unpaired) electrons. The van der Waals surface area contributed by atoms with Crippen molar-refractivity contribution in [1.82, 2.24) is 0 Å². The third-order valence-corrected chi connectivity index (χ3v) is 3.52. The van der Waals surface area contributed by atoms with Gasteiger partial charge >= 0.3 is 5.69 Å². The van der Waals surface area contributed by atoms with Gasteiger partial charge in [0.2, 0.25) is 0 Å². The molecule has 0 saturated heterocycles. The van der Waals surface area contributed by atoms with Gasteiger partial charge in [0, 0.05) is 10.5 Å². The Kier molecular flexibility index (Phi) is 5.02. The van der Waals surface area contributed by atoms with Gasteiger partial charge in [-0.1, -0.05) is 28.1 Å². The van der Waals surface area contributed by atoms with E-state index in [-0.39, 0.29) is 11.4 Å². The maximum absolute atomic E-state index is 11.0. The fraction of sp³-hybridized carbons (Fsp3) is 0.0714. The van der Waals surface area contributed by atoms with Crippen molar-refractivity contribution in [3.63, 3.8) is 0 Å². The first kappa shape index (κ1) is 16.6. The van der Waals surface area contributed by atoms with Crippen LogP contribution in [0.2, 0.25) is 0 Å². The summed E-state index contributed by atoms with van der Waals surface area (Å²) >= 11 is 3.33. The molecule has 9 heteroatoms. The van der Waals surface area contributed by atoms with Crippen LogP contribution in [0.15, 0.2) is 52.0 Å². The van der Waals surface area contributed by atoms with Gasteiger partial charge in [-0.25, -0.2) is 0 Å². The predicted molar refractivity (Wildman–Crippen MR) is 89.7 cm³/mol. The highest BCUT2D eigenvalue weighted by molar-refractivity contribution is 9.10. The Morgan fingerprint density at radius 1 is 1.09 bits per heavy atom. The highest BCUT2D eigenvalue weighted by atomic mass is 79.9. The molecule has 1 N–H and O–H groups in total. The predicted octanol–water partition coefficient (Wildman–Crippen LogP) is 4.10. The Labute approximate surface area is 139 Å². The van der Waals surface area contributed by atoms with Crippen LogP contribution < -0.4 is 5.43 Å². The van der Waals surface area contributed by atoms with Crippen LogP contribution in [0.4, 0.5) is 17.1 Å². The van der Waals surface area contributed by atoms with E-state index in [4.69, 9.17) is 0 Å². The van der Waals surface area contributed by atoms with E-state index in [9.17, 15) is 20.2 Å². The van der Waals surface area contributed by atoms with Crippen LogP contribution in [0, 0.1) is 20.2 Å². The summed E-state index contributed by atoms with van der Waals surface area (Å²) in [4.78, 5) is 20.4. The Hall–Kier alpha value is -2.81. The van der Waals surface area contributed by atoms with E-state index >= 15 is 0 Å². The molecule has 0 heterocycles. The van der Waals surface area contributed by atoms with Gasteiger partial charge in [0.15, 0.2) is 0 Å². The lowest BCUT2D eigenvalue weighted by atomic mass is 10.1. The number of nitrogens with zero attached hydrogens (tertiary/aromatic N) is 3. The number of hydrogen-bond donors (Lipinski definition) is 1. The highest BCUT2D eigenvalue weighted by Crippen LogP contribution is 2.29. The van der Waals surface area contributed by atoms with Crippen molar-refractivity contribution in [2.24, 2.45) is 5.10 Å². The molecule has 0 atom stereocenters. The number of hydrogen-bond acceptors (Lipinski definition) is 6. The van der Waals surface area contributed by atoms with Crippen LogP contribution in [-0.2, 0) is 0 Å². The van der Waals surface area contributed by atoms with Crippen LogP contribution in [0.1, 0.15) is 12.5 Å². The van der Waals surface area contributed by atoms with Gasteiger partial charge in [-0.05, 0) is 30.7 Å². The summed E-state index contributed by atoms with van der Waals surface area (Å²) < 4.78 is 0.924. The Balaban J connectivity index is 2.28. The zero-order chi connectivity index (χ0) is 17.0. The SMILES string of the molecule is C/C(=N/Nc1ccc([N+](=O)[O-])cc1[N+](=O)[O-])c1ccc(Br)cc1. The molecular weight excluding hydrogens is 368 g/mol. The first-order valence-corrected chi connectivity index (χ1v) is 7.17. The minimum atomic E-state index is -0.695. The average molecular weight is 379 g/mol. The van der Waals surface area contributed by atoms with Crippen molar-refractivity contribution >= 4 is 38.7 Å². The van der Waals surface area contributed by atoms with Crippen molar-refractivity contribution in [2.45, 2.75) is 6.92 Å². The van der Waals surface area contributed by atoms with E-state index < -0.39 is 15.5 Å². The van der Waals surface area contributed by atoms with E-state index in [0.717, 1.165) is 16.1 Å². The first-order valence-electron chi connectivity index (χ1n) is 6.37. The largest absolute Gasteiger partial charge is 0.301 e. The minimum Gasteiger partial charge on any atom is -0.271 e. The molecule has 0 bridgehead atoms. The quantitative estimate of drug-likeness (QED) is 0.478. The number of hydrazone groups is 1. The lowest BCUT2D eigenvalue weighted by molar-refractivity contribution is -0.393. The molecule has 8 nitrogen and oxygen atoms in total. The Morgan fingerprint density at radius 3 is 2.30 bits per heavy atom. The normalized spacial score (nSPS) is 11.1. The van der Waals surface area contributed by atoms with Gasteiger partial charge in [-0.3, -0.25) is 25.7 Å². The van der Waals surface area contributed by atoms with Gasteiger partial charge in [-0.15, -0.1) is 0 Å². The molecule has 23 heavy (non-hydrogen) atoms. The van der Waals surface area contributed by atoms with E-state index in [1.54, 1.807) is 6.92 Å². The summed E-state index contributed by atoms with van der Waals surface area (Å²) in [5, 5.41) is 25.8.